The van der Waals surface area contributed by atoms with Gasteiger partial charge < -0.3 is 18.9 Å². The number of rotatable bonds is 8. The maximum Gasteiger partial charge on any atom is 0.172 e. The monoisotopic (exact) mass is 448 g/mol. The number of ether oxygens (including phenoxy) is 2. The van der Waals surface area contributed by atoms with Crippen LogP contribution in [0.15, 0.2) is 34.9 Å². The highest BCUT2D eigenvalue weighted by atomic mass is 35.5. The molecular weight excluding hydrogens is 419 g/mol. The number of benzene rings is 2. The van der Waals surface area contributed by atoms with Gasteiger partial charge in [0.25, 0.3) is 0 Å². The number of hydrogen-bond donors (Lipinski definition) is 0. The molecule has 4 rings (SSSR count). The van der Waals surface area contributed by atoms with Crippen LogP contribution in [0.1, 0.15) is 43.9 Å². The molecule has 0 spiro atoms. The van der Waals surface area contributed by atoms with Crippen molar-refractivity contribution in [3.05, 3.63) is 47.4 Å². The first-order chi connectivity index (χ1) is 14.7. The van der Waals surface area contributed by atoms with Crippen molar-refractivity contribution in [1.29, 1.82) is 0 Å². The summed E-state index contributed by atoms with van der Waals surface area (Å²) in [5, 5.41) is 5.18. The van der Waals surface area contributed by atoms with E-state index in [1.165, 1.54) is 18.1 Å². The molecule has 5 nitrogen and oxygen atoms in total. The van der Waals surface area contributed by atoms with E-state index >= 15 is 0 Å². The highest BCUT2D eigenvalue weighted by Crippen LogP contribution is 2.34. The van der Waals surface area contributed by atoms with E-state index in [0.717, 1.165) is 67.0 Å². The SMILES string of the molecule is CCc1ccc(OCCCc2noc3cc(F)cc(N4CCCCC4)c23)c(OC)c1.Cl. The minimum atomic E-state index is -0.281. The third-order valence-corrected chi connectivity index (χ3v) is 5.74. The van der Waals surface area contributed by atoms with E-state index in [1.54, 1.807) is 13.2 Å². The number of aromatic nitrogens is 1. The normalized spacial score (nSPS) is 13.8. The maximum absolute atomic E-state index is 14.1. The molecule has 0 atom stereocenters. The van der Waals surface area contributed by atoms with Gasteiger partial charge in [0, 0.05) is 19.2 Å². The number of methoxy groups -OCH3 is 1. The van der Waals surface area contributed by atoms with Gasteiger partial charge in [-0.1, -0.05) is 18.1 Å². The Morgan fingerprint density at radius 2 is 1.90 bits per heavy atom. The van der Waals surface area contributed by atoms with Crippen LogP contribution in [0, 0.1) is 5.82 Å². The minimum Gasteiger partial charge on any atom is -0.493 e. The van der Waals surface area contributed by atoms with E-state index in [-0.39, 0.29) is 18.2 Å². The lowest BCUT2D eigenvalue weighted by Gasteiger charge is -2.29. The van der Waals surface area contributed by atoms with E-state index in [9.17, 15) is 4.39 Å². The molecule has 1 saturated heterocycles. The van der Waals surface area contributed by atoms with E-state index in [1.807, 2.05) is 12.1 Å². The predicted octanol–water partition coefficient (Wildman–Crippen LogP) is 5.96. The Kier molecular flexibility index (Phi) is 8.02. The van der Waals surface area contributed by atoms with Gasteiger partial charge in [-0.05, 0) is 62.3 Å². The highest BCUT2D eigenvalue weighted by molar-refractivity contribution is 5.93. The van der Waals surface area contributed by atoms with E-state index in [0.29, 0.717) is 18.6 Å². The molecule has 0 saturated carbocycles. The number of halogens is 2. The summed E-state index contributed by atoms with van der Waals surface area (Å²) in [6, 6.07) is 9.07. The summed E-state index contributed by atoms with van der Waals surface area (Å²) in [6.45, 7) is 4.54. The molecule has 0 bridgehead atoms. The summed E-state index contributed by atoms with van der Waals surface area (Å²) in [7, 11) is 1.66. The standard InChI is InChI=1S/C24H29FN2O3.ClH/c1-3-17-9-10-21(22(14-17)28-2)29-13-7-8-19-24-20(27-11-5-4-6-12-27)15-18(25)16-23(24)30-26-19;/h9-10,14-16H,3-8,11-13H2,1-2H3;1H. The number of anilines is 1. The van der Waals surface area contributed by atoms with Gasteiger partial charge in [0.15, 0.2) is 17.1 Å². The molecular formula is C24H30ClFN2O3. The number of piperidine rings is 1. The number of fused-ring (bicyclic) bond motifs is 1. The Hall–Kier alpha value is -2.47. The molecule has 0 radical (unpaired) electrons. The molecule has 0 N–H and O–H groups in total. The molecule has 3 aromatic rings. The van der Waals surface area contributed by atoms with Crippen LogP contribution in [0.5, 0.6) is 11.5 Å². The van der Waals surface area contributed by atoms with Crippen molar-refractivity contribution in [2.45, 2.75) is 45.4 Å². The Morgan fingerprint density at radius 1 is 1.10 bits per heavy atom. The van der Waals surface area contributed by atoms with Gasteiger partial charge in [-0.2, -0.15) is 0 Å². The zero-order valence-electron chi connectivity index (χ0n) is 18.2. The molecule has 2 heterocycles. The van der Waals surface area contributed by atoms with Gasteiger partial charge in [-0.15, -0.1) is 12.4 Å². The molecule has 7 heteroatoms. The predicted molar refractivity (Wildman–Crippen MR) is 123 cm³/mol. The van der Waals surface area contributed by atoms with E-state index in [4.69, 9.17) is 14.0 Å². The fourth-order valence-electron chi connectivity index (χ4n) is 4.11. The Bertz CT molecular complexity index is 1000. The summed E-state index contributed by atoms with van der Waals surface area (Å²) in [6.07, 6.45) is 5.92. The smallest absolute Gasteiger partial charge is 0.172 e. The fraction of sp³-hybridized carbons (Fsp3) is 0.458. The van der Waals surface area contributed by atoms with Crippen molar-refractivity contribution in [3.8, 4) is 11.5 Å². The first-order valence-corrected chi connectivity index (χ1v) is 10.8. The molecule has 1 aliphatic rings. The van der Waals surface area contributed by atoms with Crippen LogP contribution in [0.4, 0.5) is 10.1 Å². The summed E-state index contributed by atoms with van der Waals surface area (Å²) in [5.41, 5.74) is 3.50. The van der Waals surface area contributed by atoms with Crippen molar-refractivity contribution in [1.82, 2.24) is 5.16 Å². The van der Waals surface area contributed by atoms with Crippen LogP contribution < -0.4 is 14.4 Å². The molecule has 1 aromatic heterocycles. The van der Waals surface area contributed by atoms with Crippen molar-refractivity contribution in [3.63, 3.8) is 0 Å². The molecule has 1 fully saturated rings. The average Bonchev–Trinajstić information content (AvgIpc) is 3.19. The van der Waals surface area contributed by atoms with Crippen molar-refractivity contribution in [2.24, 2.45) is 0 Å². The number of nitrogens with zero attached hydrogens (tertiary/aromatic N) is 2. The Labute approximate surface area is 188 Å². The topological polar surface area (TPSA) is 47.7 Å². The molecule has 0 aliphatic carbocycles. The summed E-state index contributed by atoms with van der Waals surface area (Å²) >= 11 is 0. The third kappa shape index (κ3) is 5.24. The molecule has 2 aromatic carbocycles. The molecule has 0 unspecified atom stereocenters. The van der Waals surface area contributed by atoms with Crippen LogP contribution in [-0.4, -0.2) is 32.0 Å². The van der Waals surface area contributed by atoms with Gasteiger partial charge >= 0.3 is 0 Å². The van der Waals surface area contributed by atoms with Crippen molar-refractivity contribution < 1.29 is 18.4 Å². The molecule has 0 amide bonds. The maximum atomic E-state index is 14.1. The lowest BCUT2D eigenvalue weighted by molar-refractivity contribution is 0.288. The lowest BCUT2D eigenvalue weighted by Crippen LogP contribution is -2.29. The van der Waals surface area contributed by atoms with Crippen LogP contribution >= 0.6 is 12.4 Å². The second kappa shape index (κ2) is 10.7. The first-order valence-electron chi connectivity index (χ1n) is 10.8. The Morgan fingerprint density at radius 3 is 2.65 bits per heavy atom. The molecule has 168 valence electrons. The largest absolute Gasteiger partial charge is 0.493 e. The summed E-state index contributed by atoms with van der Waals surface area (Å²) in [5.74, 6) is 1.22. The molecule has 31 heavy (non-hydrogen) atoms. The second-order valence-electron chi connectivity index (χ2n) is 7.77. The zero-order chi connectivity index (χ0) is 20.9. The van der Waals surface area contributed by atoms with Crippen LogP contribution in [0.25, 0.3) is 11.0 Å². The quantitative estimate of drug-likeness (QED) is 0.398. The third-order valence-electron chi connectivity index (χ3n) is 5.74. The van der Waals surface area contributed by atoms with Gasteiger partial charge in [0.1, 0.15) is 5.82 Å². The second-order valence-corrected chi connectivity index (χ2v) is 7.77. The van der Waals surface area contributed by atoms with Crippen molar-refractivity contribution in [2.75, 3.05) is 31.7 Å². The van der Waals surface area contributed by atoms with Crippen LogP contribution in [-0.2, 0) is 12.8 Å². The van der Waals surface area contributed by atoms with Crippen LogP contribution in [0.3, 0.4) is 0 Å². The first kappa shape index (κ1) is 23.2. The minimum absolute atomic E-state index is 0. The fourth-order valence-corrected chi connectivity index (χ4v) is 4.11. The van der Waals surface area contributed by atoms with Gasteiger partial charge in [-0.25, -0.2) is 4.39 Å². The van der Waals surface area contributed by atoms with Crippen LogP contribution in [0.2, 0.25) is 0 Å². The number of hydrogen-bond acceptors (Lipinski definition) is 5. The lowest BCUT2D eigenvalue weighted by atomic mass is 10.1. The Balaban J connectivity index is 0.00000272. The highest BCUT2D eigenvalue weighted by Gasteiger charge is 2.20. The zero-order valence-corrected chi connectivity index (χ0v) is 19.0. The summed E-state index contributed by atoms with van der Waals surface area (Å²) < 4.78 is 31.0. The number of aryl methyl sites for hydroxylation is 2. The summed E-state index contributed by atoms with van der Waals surface area (Å²) in [4.78, 5) is 2.26. The van der Waals surface area contributed by atoms with E-state index in [2.05, 4.69) is 23.0 Å². The molecule has 1 aliphatic heterocycles. The van der Waals surface area contributed by atoms with Crippen molar-refractivity contribution >= 4 is 29.1 Å². The van der Waals surface area contributed by atoms with Gasteiger partial charge in [0.05, 0.1) is 30.5 Å². The average molecular weight is 449 g/mol. The van der Waals surface area contributed by atoms with Gasteiger partial charge in [0.2, 0.25) is 0 Å². The van der Waals surface area contributed by atoms with E-state index < -0.39 is 0 Å². The van der Waals surface area contributed by atoms with Gasteiger partial charge in [-0.3, -0.25) is 0 Å².